The first-order valence-electron chi connectivity index (χ1n) is 9.89. The summed E-state index contributed by atoms with van der Waals surface area (Å²) < 4.78 is 7.29. The number of aromatic nitrogens is 4. The number of ether oxygens (including phenoxy) is 1. The maximum Gasteiger partial charge on any atom is 0.252 e. The molecule has 1 aliphatic rings. The molecule has 0 aliphatic carbocycles. The number of thioether (sulfide) groups is 1. The second kappa shape index (κ2) is 9.63. The van der Waals surface area contributed by atoms with Crippen molar-refractivity contribution in [3.8, 4) is 0 Å². The average molecular weight is 447 g/mol. The van der Waals surface area contributed by atoms with Gasteiger partial charge in [-0.1, -0.05) is 42.4 Å². The zero-order chi connectivity index (χ0) is 20.9. The van der Waals surface area contributed by atoms with Crippen LogP contribution in [-0.4, -0.2) is 64.3 Å². The van der Waals surface area contributed by atoms with Crippen LogP contribution in [0.2, 0.25) is 5.02 Å². The zero-order valence-corrected chi connectivity index (χ0v) is 18.2. The molecule has 0 atom stereocenters. The highest BCUT2D eigenvalue weighted by molar-refractivity contribution is 7.99. The van der Waals surface area contributed by atoms with Crippen LogP contribution in [0.25, 0.3) is 11.0 Å². The van der Waals surface area contributed by atoms with Crippen LogP contribution in [0.15, 0.2) is 35.6 Å². The SMILES string of the molecule is CCSc1nc(N2CCOCC2)c2cnn(CCNC(=O)c3ccccc3Cl)c2n1. The van der Waals surface area contributed by atoms with E-state index in [-0.39, 0.29) is 5.91 Å². The Hall–Kier alpha value is -2.36. The number of benzene rings is 1. The molecule has 8 nitrogen and oxygen atoms in total. The van der Waals surface area contributed by atoms with Crippen LogP contribution in [-0.2, 0) is 11.3 Å². The number of rotatable bonds is 7. The monoisotopic (exact) mass is 446 g/mol. The molecule has 30 heavy (non-hydrogen) atoms. The van der Waals surface area contributed by atoms with Crippen LogP contribution >= 0.6 is 23.4 Å². The van der Waals surface area contributed by atoms with Crippen molar-refractivity contribution in [1.82, 2.24) is 25.1 Å². The first-order valence-corrected chi connectivity index (χ1v) is 11.3. The number of hydrogen-bond donors (Lipinski definition) is 1. The van der Waals surface area contributed by atoms with Crippen molar-refractivity contribution in [2.75, 3.05) is 43.5 Å². The molecule has 4 rings (SSSR count). The Morgan fingerprint density at radius 1 is 1.27 bits per heavy atom. The lowest BCUT2D eigenvalue weighted by Crippen LogP contribution is -2.37. The molecule has 2 aromatic heterocycles. The Morgan fingerprint density at radius 3 is 2.83 bits per heavy atom. The summed E-state index contributed by atoms with van der Waals surface area (Å²) >= 11 is 7.71. The molecule has 0 saturated carbocycles. The van der Waals surface area contributed by atoms with Crippen molar-refractivity contribution >= 4 is 46.1 Å². The number of amides is 1. The molecule has 0 unspecified atom stereocenters. The van der Waals surface area contributed by atoms with E-state index in [9.17, 15) is 4.79 Å². The van der Waals surface area contributed by atoms with Gasteiger partial charge in [0.1, 0.15) is 5.82 Å². The van der Waals surface area contributed by atoms with Gasteiger partial charge in [-0.25, -0.2) is 14.6 Å². The van der Waals surface area contributed by atoms with E-state index < -0.39 is 0 Å². The summed E-state index contributed by atoms with van der Waals surface area (Å²) in [5.41, 5.74) is 1.23. The fourth-order valence-corrected chi connectivity index (χ4v) is 4.09. The second-order valence-electron chi connectivity index (χ2n) is 6.70. The Morgan fingerprint density at radius 2 is 2.07 bits per heavy atom. The quantitative estimate of drug-likeness (QED) is 0.441. The predicted octanol–water partition coefficient (Wildman–Crippen LogP) is 2.86. The molecule has 1 saturated heterocycles. The van der Waals surface area contributed by atoms with Gasteiger partial charge < -0.3 is 15.0 Å². The van der Waals surface area contributed by atoms with Crippen molar-refractivity contribution in [2.24, 2.45) is 0 Å². The van der Waals surface area contributed by atoms with Crippen molar-refractivity contribution in [3.05, 3.63) is 41.0 Å². The average Bonchev–Trinajstić information content (AvgIpc) is 3.17. The smallest absolute Gasteiger partial charge is 0.252 e. The van der Waals surface area contributed by atoms with E-state index in [1.807, 2.05) is 4.68 Å². The van der Waals surface area contributed by atoms with Gasteiger partial charge >= 0.3 is 0 Å². The highest BCUT2D eigenvalue weighted by atomic mass is 35.5. The minimum atomic E-state index is -0.206. The number of morpholine rings is 1. The van der Waals surface area contributed by atoms with Crippen molar-refractivity contribution < 1.29 is 9.53 Å². The fraction of sp³-hybridized carbons (Fsp3) is 0.400. The van der Waals surface area contributed by atoms with Gasteiger partial charge in [-0.2, -0.15) is 5.10 Å². The van der Waals surface area contributed by atoms with E-state index in [1.165, 1.54) is 0 Å². The minimum absolute atomic E-state index is 0.206. The van der Waals surface area contributed by atoms with Gasteiger partial charge in [0, 0.05) is 19.6 Å². The highest BCUT2D eigenvalue weighted by Crippen LogP contribution is 2.27. The van der Waals surface area contributed by atoms with Gasteiger partial charge in [-0.05, 0) is 17.9 Å². The predicted molar refractivity (Wildman–Crippen MR) is 119 cm³/mol. The van der Waals surface area contributed by atoms with Gasteiger partial charge in [0.2, 0.25) is 0 Å². The lowest BCUT2D eigenvalue weighted by molar-refractivity contribution is 0.0952. The number of halogens is 1. The Bertz CT molecular complexity index is 1040. The summed E-state index contributed by atoms with van der Waals surface area (Å²) in [5.74, 6) is 1.57. The molecule has 1 amide bonds. The molecule has 0 spiro atoms. The van der Waals surface area contributed by atoms with Gasteiger partial charge in [0.25, 0.3) is 5.91 Å². The summed E-state index contributed by atoms with van der Waals surface area (Å²) in [7, 11) is 0. The molecule has 10 heteroatoms. The number of anilines is 1. The Kier molecular flexibility index (Phi) is 6.71. The van der Waals surface area contributed by atoms with Crippen molar-refractivity contribution in [2.45, 2.75) is 18.6 Å². The largest absolute Gasteiger partial charge is 0.378 e. The Labute approximate surface area is 184 Å². The summed E-state index contributed by atoms with van der Waals surface area (Å²) in [4.78, 5) is 24.1. The van der Waals surface area contributed by atoms with Gasteiger partial charge in [0.15, 0.2) is 10.8 Å². The molecule has 3 aromatic rings. The first kappa shape index (κ1) is 20.9. The van der Waals surface area contributed by atoms with Gasteiger partial charge in [-0.15, -0.1) is 0 Å². The lowest BCUT2D eigenvalue weighted by atomic mass is 10.2. The first-order chi connectivity index (χ1) is 14.7. The highest BCUT2D eigenvalue weighted by Gasteiger charge is 2.20. The molecule has 0 radical (unpaired) electrons. The number of carbonyl (C=O) groups excluding carboxylic acids is 1. The molecular formula is C20H23ClN6O2S. The lowest BCUT2D eigenvalue weighted by Gasteiger charge is -2.28. The molecule has 158 valence electrons. The van der Waals surface area contributed by atoms with Crippen LogP contribution in [0.3, 0.4) is 0 Å². The minimum Gasteiger partial charge on any atom is -0.378 e. The van der Waals surface area contributed by atoms with E-state index in [2.05, 4.69) is 22.2 Å². The number of hydrogen-bond acceptors (Lipinski definition) is 7. The van der Waals surface area contributed by atoms with Crippen molar-refractivity contribution in [3.63, 3.8) is 0 Å². The fourth-order valence-electron chi connectivity index (χ4n) is 3.31. The number of nitrogens with zero attached hydrogens (tertiary/aromatic N) is 5. The maximum atomic E-state index is 12.4. The van der Waals surface area contributed by atoms with Crippen molar-refractivity contribution in [1.29, 1.82) is 0 Å². The van der Waals surface area contributed by atoms with Gasteiger partial charge in [0.05, 0.1) is 41.9 Å². The number of fused-ring (bicyclic) bond motifs is 1. The Balaban J connectivity index is 1.53. The van der Waals surface area contributed by atoms with E-state index in [1.54, 1.807) is 42.2 Å². The number of carbonyl (C=O) groups is 1. The molecule has 0 bridgehead atoms. The topological polar surface area (TPSA) is 85.2 Å². The van der Waals surface area contributed by atoms with Crippen LogP contribution in [0, 0.1) is 0 Å². The molecule has 3 heterocycles. The van der Waals surface area contributed by atoms with E-state index in [4.69, 9.17) is 26.3 Å². The summed E-state index contributed by atoms with van der Waals surface area (Å²) in [6.07, 6.45) is 1.80. The van der Waals surface area contributed by atoms with Crippen LogP contribution in [0.5, 0.6) is 0 Å². The van der Waals surface area contributed by atoms with Gasteiger partial charge in [-0.3, -0.25) is 4.79 Å². The normalized spacial score (nSPS) is 14.3. The zero-order valence-electron chi connectivity index (χ0n) is 16.7. The molecular weight excluding hydrogens is 424 g/mol. The standard InChI is InChI=1S/C20H23ClN6O2S/c1-2-30-20-24-17(26-9-11-29-12-10-26)15-13-23-27(18(15)25-20)8-7-22-19(28)14-5-3-4-6-16(14)21/h3-6,13H,2,7-12H2,1H3,(H,22,28). The van der Waals surface area contributed by atoms with E-state index in [0.29, 0.717) is 36.9 Å². The van der Waals surface area contributed by atoms with Crippen LogP contribution in [0.4, 0.5) is 5.82 Å². The molecule has 1 N–H and O–H groups in total. The summed E-state index contributed by atoms with van der Waals surface area (Å²) in [6, 6.07) is 7.00. The van der Waals surface area contributed by atoms with E-state index in [0.717, 1.165) is 40.9 Å². The maximum absolute atomic E-state index is 12.4. The molecule has 1 fully saturated rings. The van der Waals surface area contributed by atoms with Crippen LogP contribution in [0.1, 0.15) is 17.3 Å². The summed E-state index contributed by atoms with van der Waals surface area (Å²) in [6.45, 7) is 5.94. The third kappa shape index (κ3) is 4.53. The number of nitrogens with one attached hydrogen (secondary N) is 1. The second-order valence-corrected chi connectivity index (χ2v) is 8.34. The van der Waals surface area contributed by atoms with E-state index >= 15 is 0 Å². The third-order valence-corrected chi connectivity index (χ3v) is 5.83. The summed E-state index contributed by atoms with van der Waals surface area (Å²) in [5, 5.41) is 9.49. The molecule has 1 aliphatic heterocycles. The molecule has 1 aromatic carbocycles. The third-order valence-electron chi connectivity index (χ3n) is 4.77. The van der Waals surface area contributed by atoms with Crippen LogP contribution < -0.4 is 10.2 Å².